The van der Waals surface area contributed by atoms with Crippen LogP contribution in [0.15, 0.2) is 34.8 Å². The number of amides is 1. The fraction of sp³-hybridized carbons (Fsp3) is 0. The number of halogens is 1. The van der Waals surface area contributed by atoms with Crippen molar-refractivity contribution >= 4 is 50.5 Å². The number of nitro groups is 1. The maximum Gasteiger partial charge on any atom is 0.345 e. The number of nitrogens with one attached hydrogen (secondary N) is 1. The molecular formula is C12H7BrN2O5S. The van der Waals surface area contributed by atoms with Gasteiger partial charge in [0.15, 0.2) is 0 Å². The number of carboxylic acid groups (broad SMARTS) is 1. The molecule has 1 heterocycles. The van der Waals surface area contributed by atoms with Crippen LogP contribution in [0.25, 0.3) is 0 Å². The molecule has 1 amide bonds. The molecule has 0 spiro atoms. The lowest BCUT2D eigenvalue weighted by Gasteiger charge is -2.05. The minimum absolute atomic E-state index is 0.0583. The van der Waals surface area contributed by atoms with E-state index in [4.69, 9.17) is 5.11 Å². The number of anilines is 1. The Hall–Kier alpha value is -2.26. The van der Waals surface area contributed by atoms with Gasteiger partial charge >= 0.3 is 5.97 Å². The summed E-state index contributed by atoms with van der Waals surface area (Å²) < 4.78 is 0.361. The van der Waals surface area contributed by atoms with Gasteiger partial charge in [-0.1, -0.05) is 0 Å². The first-order valence-corrected chi connectivity index (χ1v) is 7.08. The minimum atomic E-state index is -1.10. The average Bonchev–Trinajstić information content (AvgIpc) is 2.90. The van der Waals surface area contributed by atoms with Crippen LogP contribution < -0.4 is 5.32 Å². The lowest BCUT2D eigenvalue weighted by molar-refractivity contribution is -0.384. The summed E-state index contributed by atoms with van der Waals surface area (Å²) in [4.78, 5) is 33.1. The number of carbonyl (C=O) groups excluding carboxylic acids is 1. The molecule has 0 radical (unpaired) electrons. The zero-order valence-electron chi connectivity index (χ0n) is 10.2. The number of aromatic carboxylic acids is 1. The molecule has 1 aromatic heterocycles. The molecule has 0 aliphatic heterocycles. The summed E-state index contributed by atoms with van der Waals surface area (Å²) in [7, 11) is 0. The first-order valence-electron chi connectivity index (χ1n) is 5.47. The van der Waals surface area contributed by atoms with Crippen molar-refractivity contribution < 1.29 is 19.6 Å². The highest BCUT2D eigenvalue weighted by molar-refractivity contribution is 9.10. The topological polar surface area (TPSA) is 110 Å². The maximum absolute atomic E-state index is 12.0. The van der Waals surface area contributed by atoms with Gasteiger partial charge in [-0.25, -0.2) is 4.79 Å². The average molecular weight is 371 g/mol. The zero-order valence-corrected chi connectivity index (χ0v) is 12.6. The van der Waals surface area contributed by atoms with E-state index in [0.29, 0.717) is 10.2 Å². The van der Waals surface area contributed by atoms with E-state index in [1.807, 2.05) is 0 Å². The highest BCUT2D eigenvalue weighted by atomic mass is 79.9. The third-order valence-electron chi connectivity index (χ3n) is 2.45. The first kappa shape index (κ1) is 15.1. The molecule has 9 heteroatoms. The summed E-state index contributed by atoms with van der Waals surface area (Å²) >= 11 is 3.98. The summed E-state index contributed by atoms with van der Waals surface area (Å²) in [5, 5.41) is 22.0. The van der Waals surface area contributed by atoms with E-state index in [0.717, 1.165) is 11.3 Å². The van der Waals surface area contributed by atoms with E-state index in [-0.39, 0.29) is 15.4 Å². The molecule has 0 unspecified atom stereocenters. The molecular weight excluding hydrogens is 364 g/mol. The van der Waals surface area contributed by atoms with Crippen LogP contribution in [0.5, 0.6) is 0 Å². The van der Waals surface area contributed by atoms with Crippen LogP contribution >= 0.6 is 27.3 Å². The Kier molecular flexibility index (Phi) is 4.34. The summed E-state index contributed by atoms with van der Waals surface area (Å²) in [5.41, 5.74) is 0.250. The molecule has 0 fully saturated rings. The Morgan fingerprint density at radius 3 is 2.43 bits per heavy atom. The van der Waals surface area contributed by atoms with Crippen molar-refractivity contribution in [3.8, 4) is 0 Å². The molecule has 2 N–H and O–H groups in total. The van der Waals surface area contributed by atoms with Crippen LogP contribution in [0.3, 0.4) is 0 Å². The van der Waals surface area contributed by atoms with E-state index < -0.39 is 16.8 Å². The quantitative estimate of drug-likeness (QED) is 0.633. The molecule has 0 saturated carbocycles. The number of nitrogens with zero attached hydrogens (tertiary/aromatic N) is 1. The van der Waals surface area contributed by atoms with E-state index in [2.05, 4.69) is 21.2 Å². The van der Waals surface area contributed by atoms with Gasteiger partial charge in [0, 0.05) is 16.6 Å². The Balaban J connectivity index is 2.19. The maximum atomic E-state index is 12.0. The van der Waals surface area contributed by atoms with Crippen molar-refractivity contribution in [2.75, 3.05) is 5.32 Å². The predicted octanol–water partition coefficient (Wildman–Crippen LogP) is 3.37. The first-order chi connectivity index (χ1) is 9.88. The number of hydrogen-bond donors (Lipinski definition) is 2. The van der Waals surface area contributed by atoms with Gasteiger partial charge in [-0.05, 0) is 34.1 Å². The van der Waals surface area contributed by atoms with Crippen molar-refractivity contribution in [3.63, 3.8) is 0 Å². The number of rotatable bonds is 4. The lowest BCUT2D eigenvalue weighted by Crippen LogP contribution is -2.10. The zero-order chi connectivity index (χ0) is 15.6. The smallest absolute Gasteiger partial charge is 0.345 e. The summed E-state index contributed by atoms with van der Waals surface area (Å²) in [5.74, 6) is -1.59. The Labute approximate surface area is 130 Å². The summed E-state index contributed by atoms with van der Waals surface area (Å²) in [6.45, 7) is 0. The Morgan fingerprint density at radius 2 is 1.90 bits per heavy atom. The lowest BCUT2D eigenvalue weighted by atomic mass is 10.3. The van der Waals surface area contributed by atoms with Crippen molar-refractivity contribution in [1.29, 1.82) is 0 Å². The fourth-order valence-corrected chi connectivity index (χ4v) is 2.68. The number of non-ortho nitro benzene ring substituents is 1. The van der Waals surface area contributed by atoms with Gasteiger partial charge in [-0.15, -0.1) is 11.3 Å². The molecule has 108 valence electrons. The molecule has 2 aromatic rings. The monoisotopic (exact) mass is 370 g/mol. The SMILES string of the molecule is O=C(O)c1ccc(C(=O)Nc2ccc([N+](=O)[O-])cc2Br)s1. The van der Waals surface area contributed by atoms with Gasteiger partial charge in [0.25, 0.3) is 11.6 Å². The van der Waals surface area contributed by atoms with Gasteiger partial charge in [0.1, 0.15) is 4.88 Å². The standard InChI is InChI=1S/C12H7BrN2O5S/c13-7-5-6(15(19)20)1-2-8(7)14-11(16)9-3-4-10(21-9)12(17)18/h1-5H,(H,14,16)(H,17,18). The number of thiophene rings is 1. The van der Waals surface area contributed by atoms with Gasteiger partial charge in [0.2, 0.25) is 0 Å². The number of hydrogen-bond acceptors (Lipinski definition) is 5. The largest absolute Gasteiger partial charge is 0.477 e. The van der Waals surface area contributed by atoms with Crippen molar-refractivity contribution in [3.05, 3.63) is 54.7 Å². The van der Waals surface area contributed by atoms with Crippen LogP contribution in [0.2, 0.25) is 0 Å². The van der Waals surface area contributed by atoms with Crippen molar-refractivity contribution in [2.45, 2.75) is 0 Å². The highest BCUT2D eigenvalue weighted by Gasteiger charge is 2.15. The number of benzene rings is 1. The Morgan fingerprint density at radius 1 is 1.24 bits per heavy atom. The molecule has 2 rings (SSSR count). The summed E-state index contributed by atoms with van der Waals surface area (Å²) in [6, 6.07) is 6.67. The molecule has 7 nitrogen and oxygen atoms in total. The third-order valence-corrected chi connectivity index (χ3v) is 4.18. The number of carboxylic acids is 1. The second-order valence-electron chi connectivity index (χ2n) is 3.84. The molecule has 0 saturated heterocycles. The van der Waals surface area contributed by atoms with Crippen LogP contribution in [0.1, 0.15) is 19.3 Å². The molecule has 21 heavy (non-hydrogen) atoms. The molecule has 0 atom stereocenters. The Bertz CT molecular complexity index is 743. The molecule has 0 aliphatic carbocycles. The molecule has 0 bridgehead atoms. The van der Waals surface area contributed by atoms with Crippen LogP contribution in [-0.2, 0) is 0 Å². The van der Waals surface area contributed by atoms with Crippen molar-refractivity contribution in [2.24, 2.45) is 0 Å². The van der Waals surface area contributed by atoms with E-state index >= 15 is 0 Å². The van der Waals surface area contributed by atoms with Gasteiger partial charge in [0.05, 0.1) is 15.5 Å². The highest BCUT2D eigenvalue weighted by Crippen LogP contribution is 2.28. The van der Waals surface area contributed by atoms with E-state index in [1.54, 1.807) is 0 Å². The van der Waals surface area contributed by atoms with Crippen LogP contribution in [0.4, 0.5) is 11.4 Å². The van der Waals surface area contributed by atoms with Crippen LogP contribution in [0, 0.1) is 10.1 Å². The minimum Gasteiger partial charge on any atom is -0.477 e. The number of carbonyl (C=O) groups is 2. The third kappa shape index (κ3) is 3.44. The van der Waals surface area contributed by atoms with Crippen LogP contribution in [-0.4, -0.2) is 21.9 Å². The summed E-state index contributed by atoms with van der Waals surface area (Å²) in [6.07, 6.45) is 0. The van der Waals surface area contributed by atoms with Gasteiger partial charge in [-0.2, -0.15) is 0 Å². The van der Waals surface area contributed by atoms with Gasteiger partial charge < -0.3 is 10.4 Å². The second kappa shape index (κ2) is 6.02. The van der Waals surface area contributed by atoms with Gasteiger partial charge in [-0.3, -0.25) is 14.9 Å². The normalized spacial score (nSPS) is 10.1. The molecule has 1 aromatic carbocycles. The second-order valence-corrected chi connectivity index (χ2v) is 5.78. The molecule has 0 aliphatic rings. The number of nitro benzene ring substituents is 1. The van der Waals surface area contributed by atoms with E-state index in [1.165, 1.54) is 30.3 Å². The van der Waals surface area contributed by atoms with E-state index in [9.17, 15) is 19.7 Å². The fourth-order valence-electron chi connectivity index (χ4n) is 1.48. The van der Waals surface area contributed by atoms with Crippen molar-refractivity contribution in [1.82, 2.24) is 0 Å². The predicted molar refractivity (Wildman–Crippen MR) is 80.0 cm³/mol.